The Bertz CT molecular complexity index is 355. The first-order valence-corrected chi connectivity index (χ1v) is 8.73. The summed E-state index contributed by atoms with van der Waals surface area (Å²) in [7, 11) is 0. The minimum Gasteiger partial charge on any atom is -0.480 e. The van der Waals surface area contributed by atoms with Crippen LogP contribution in [0, 0.1) is 0 Å². The summed E-state index contributed by atoms with van der Waals surface area (Å²) in [5.74, 6) is -0.703. The fraction of sp³-hybridized carbons (Fsp3) is 0.941. The van der Waals surface area contributed by atoms with Crippen molar-refractivity contribution in [3.63, 3.8) is 0 Å². The molecule has 21 heavy (non-hydrogen) atoms. The van der Waals surface area contributed by atoms with E-state index in [0.717, 1.165) is 19.4 Å². The number of carboxylic acids is 1. The van der Waals surface area contributed by atoms with E-state index in [2.05, 4.69) is 24.1 Å². The molecule has 2 fully saturated rings. The highest BCUT2D eigenvalue weighted by molar-refractivity contribution is 5.78. The maximum Gasteiger partial charge on any atom is 0.323 e. The van der Waals surface area contributed by atoms with E-state index in [1.807, 2.05) is 6.92 Å². The van der Waals surface area contributed by atoms with Crippen molar-refractivity contribution in [1.82, 2.24) is 10.2 Å². The van der Waals surface area contributed by atoms with Gasteiger partial charge in [0, 0.05) is 18.1 Å². The van der Waals surface area contributed by atoms with Crippen LogP contribution in [-0.4, -0.2) is 46.2 Å². The molecule has 1 aliphatic carbocycles. The molecule has 2 aliphatic rings. The first kappa shape index (κ1) is 16.8. The summed E-state index contributed by atoms with van der Waals surface area (Å²) in [6, 6.07) is 1.40. The molecule has 4 nitrogen and oxygen atoms in total. The number of rotatable bonds is 8. The van der Waals surface area contributed by atoms with Gasteiger partial charge in [-0.3, -0.25) is 15.0 Å². The molecule has 1 saturated heterocycles. The van der Waals surface area contributed by atoms with Gasteiger partial charge in [0.05, 0.1) is 0 Å². The largest absolute Gasteiger partial charge is 0.480 e. The van der Waals surface area contributed by atoms with E-state index in [1.165, 1.54) is 32.1 Å². The molecule has 3 unspecified atom stereocenters. The van der Waals surface area contributed by atoms with Gasteiger partial charge in [0.15, 0.2) is 0 Å². The van der Waals surface area contributed by atoms with Crippen LogP contribution in [0.5, 0.6) is 0 Å². The average molecular weight is 296 g/mol. The van der Waals surface area contributed by atoms with Gasteiger partial charge in [0.25, 0.3) is 0 Å². The zero-order valence-electron chi connectivity index (χ0n) is 13.9. The Morgan fingerprint density at radius 3 is 2.67 bits per heavy atom. The number of nitrogens with zero attached hydrogens (tertiary/aromatic N) is 1. The van der Waals surface area contributed by atoms with Gasteiger partial charge in [0.1, 0.15) is 5.54 Å². The third-order valence-corrected chi connectivity index (χ3v) is 5.14. The van der Waals surface area contributed by atoms with E-state index in [0.29, 0.717) is 24.5 Å². The normalized spacial score (nSPS) is 28.0. The lowest BCUT2D eigenvalue weighted by atomic mass is 9.89. The third kappa shape index (κ3) is 4.43. The van der Waals surface area contributed by atoms with Crippen molar-refractivity contribution in [2.45, 2.75) is 95.8 Å². The van der Waals surface area contributed by atoms with Crippen LogP contribution in [0.4, 0.5) is 0 Å². The Morgan fingerprint density at radius 2 is 2.10 bits per heavy atom. The van der Waals surface area contributed by atoms with E-state index >= 15 is 0 Å². The van der Waals surface area contributed by atoms with E-state index in [9.17, 15) is 9.90 Å². The van der Waals surface area contributed by atoms with Crippen molar-refractivity contribution in [1.29, 1.82) is 0 Å². The predicted molar refractivity (Wildman–Crippen MR) is 85.5 cm³/mol. The number of hydrogen-bond donors (Lipinski definition) is 2. The molecule has 0 radical (unpaired) electrons. The van der Waals surface area contributed by atoms with Crippen LogP contribution in [0.25, 0.3) is 0 Å². The maximum atomic E-state index is 11.7. The summed E-state index contributed by atoms with van der Waals surface area (Å²) in [4.78, 5) is 14.3. The van der Waals surface area contributed by atoms with Crippen LogP contribution in [0.2, 0.25) is 0 Å². The lowest BCUT2D eigenvalue weighted by Gasteiger charge is -2.42. The lowest BCUT2D eigenvalue weighted by Crippen LogP contribution is -2.56. The molecular formula is C17H32N2O2. The number of aliphatic carboxylic acids is 1. The molecule has 0 aromatic rings. The van der Waals surface area contributed by atoms with Crippen molar-refractivity contribution >= 4 is 5.97 Å². The van der Waals surface area contributed by atoms with Crippen LogP contribution < -0.4 is 5.32 Å². The second kappa shape index (κ2) is 7.10. The molecule has 0 bridgehead atoms. The van der Waals surface area contributed by atoms with Crippen molar-refractivity contribution in [2.75, 3.05) is 6.54 Å². The average Bonchev–Trinajstić information content (AvgIpc) is 3.23. The molecule has 4 heteroatoms. The van der Waals surface area contributed by atoms with Crippen LogP contribution >= 0.6 is 0 Å². The quantitative estimate of drug-likeness (QED) is 0.723. The summed E-state index contributed by atoms with van der Waals surface area (Å²) in [5.41, 5.74) is -0.783. The SMILES string of the molecule is CCCC1CCCCN1C(C)CC(C)(NC1CC1)C(=O)O. The lowest BCUT2D eigenvalue weighted by molar-refractivity contribution is -0.145. The first-order valence-electron chi connectivity index (χ1n) is 8.73. The first-order chi connectivity index (χ1) is 9.96. The summed E-state index contributed by atoms with van der Waals surface area (Å²) < 4.78 is 0. The van der Waals surface area contributed by atoms with Gasteiger partial charge >= 0.3 is 5.97 Å². The fourth-order valence-corrected chi connectivity index (χ4v) is 3.84. The third-order valence-electron chi connectivity index (χ3n) is 5.14. The van der Waals surface area contributed by atoms with Crippen LogP contribution in [-0.2, 0) is 4.79 Å². The smallest absolute Gasteiger partial charge is 0.323 e. The second-order valence-electron chi connectivity index (χ2n) is 7.29. The summed E-state index contributed by atoms with van der Waals surface area (Å²) in [5, 5.41) is 13.0. The maximum absolute atomic E-state index is 11.7. The number of likely N-dealkylation sites (tertiary alicyclic amines) is 1. The second-order valence-corrected chi connectivity index (χ2v) is 7.29. The Balaban J connectivity index is 1.98. The van der Waals surface area contributed by atoms with Crippen molar-refractivity contribution < 1.29 is 9.90 Å². The molecule has 2 rings (SSSR count). The number of hydrogen-bond acceptors (Lipinski definition) is 3. The molecule has 0 spiro atoms. The van der Waals surface area contributed by atoms with Crippen LogP contribution in [0.1, 0.15) is 72.1 Å². The Hall–Kier alpha value is -0.610. The topological polar surface area (TPSA) is 52.6 Å². The minimum atomic E-state index is -0.783. The van der Waals surface area contributed by atoms with E-state index in [4.69, 9.17) is 0 Å². The zero-order chi connectivity index (χ0) is 15.5. The van der Waals surface area contributed by atoms with E-state index < -0.39 is 11.5 Å². The van der Waals surface area contributed by atoms with Gasteiger partial charge in [-0.25, -0.2) is 0 Å². The highest BCUT2D eigenvalue weighted by Gasteiger charge is 2.41. The number of nitrogens with one attached hydrogen (secondary N) is 1. The fourth-order valence-electron chi connectivity index (χ4n) is 3.84. The molecule has 3 atom stereocenters. The monoisotopic (exact) mass is 296 g/mol. The van der Waals surface area contributed by atoms with Gasteiger partial charge in [-0.1, -0.05) is 19.8 Å². The van der Waals surface area contributed by atoms with Gasteiger partial charge in [-0.15, -0.1) is 0 Å². The van der Waals surface area contributed by atoms with E-state index in [-0.39, 0.29) is 0 Å². The van der Waals surface area contributed by atoms with Crippen molar-refractivity contribution in [2.24, 2.45) is 0 Å². The molecule has 0 aromatic heterocycles. The standard InChI is InChI=1S/C17H32N2O2/c1-4-7-15-8-5-6-11-19(15)13(2)12-17(3,16(20)21)18-14-9-10-14/h13-15,18H,4-12H2,1-3H3,(H,20,21). The van der Waals surface area contributed by atoms with Crippen LogP contribution in [0.3, 0.4) is 0 Å². The molecule has 0 aromatic carbocycles. The Morgan fingerprint density at radius 1 is 1.38 bits per heavy atom. The molecule has 2 N–H and O–H groups in total. The van der Waals surface area contributed by atoms with Gasteiger partial charge < -0.3 is 5.11 Å². The number of carboxylic acid groups (broad SMARTS) is 1. The molecular weight excluding hydrogens is 264 g/mol. The van der Waals surface area contributed by atoms with Gasteiger partial charge in [-0.2, -0.15) is 0 Å². The van der Waals surface area contributed by atoms with Crippen molar-refractivity contribution in [3.05, 3.63) is 0 Å². The zero-order valence-corrected chi connectivity index (χ0v) is 13.9. The minimum absolute atomic E-state index is 0.328. The number of carbonyl (C=O) groups is 1. The van der Waals surface area contributed by atoms with Crippen molar-refractivity contribution in [3.8, 4) is 0 Å². The van der Waals surface area contributed by atoms with Crippen LogP contribution in [0.15, 0.2) is 0 Å². The molecule has 1 heterocycles. The number of piperidine rings is 1. The Kier molecular flexibility index (Phi) is 5.67. The summed E-state index contributed by atoms with van der Waals surface area (Å²) in [6.45, 7) is 7.45. The highest BCUT2D eigenvalue weighted by atomic mass is 16.4. The molecule has 122 valence electrons. The van der Waals surface area contributed by atoms with Gasteiger partial charge in [-0.05, 0) is 58.9 Å². The highest BCUT2D eigenvalue weighted by Crippen LogP contribution is 2.29. The van der Waals surface area contributed by atoms with Gasteiger partial charge in [0.2, 0.25) is 0 Å². The summed E-state index contributed by atoms with van der Waals surface area (Å²) >= 11 is 0. The Labute approximate surface area is 129 Å². The van der Waals surface area contributed by atoms with E-state index in [1.54, 1.807) is 0 Å². The predicted octanol–water partition coefficient (Wildman–Crippen LogP) is 3.01. The molecule has 1 saturated carbocycles. The summed E-state index contributed by atoms with van der Waals surface area (Å²) in [6.07, 6.45) is 9.25. The molecule has 0 amide bonds. The molecule has 1 aliphatic heterocycles.